The number of furan rings is 1. The summed E-state index contributed by atoms with van der Waals surface area (Å²) in [6.07, 6.45) is 1.86. The zero-order chi connectivity index (χ0) is 15.6. The zero-order valence-corrected chi connectivity index (χ0v) is 14.2. The van der Waals surface area contributed by atoms with Gasteiger partial charge in [0.2, 0.25) is 0 Å². The molecule has 4 aromatic rings. The second-order valence-corrected chi connectivity index (χ2v) is 7.04. The predicted octanol–water partition coefficient (Wildman–Crippen LogP) is 5.55. The molecule has 1 aromatic carbocycles. The number of thiazole rings is 1. The SMILES string of the molecule is Cc1ccc(-c2nc(CSc3ccnc4ccccc34)cs2)o1. The van der Waals surface area contributed by atoms with Crippen molar-refractivity contribution in [3.05, 3.63) is 65.5 Å². The lowest BCUT2D eigenvalue weighted by Crippen LogP contribution is -1.84. The van der Waals surface area contributed by atoms with Crippen LogP contribution in [-0.2, 0) is 5.75 Å². The molecular weight excluding hydrogens is 324 g/mol. The Morgan fingerprint density at radius 3 is 2.91 bits per heavy atom. The van der Waals surface area contributed by atoms with E-state index < -0.39 is 0 Å². The molecule has 23 heavy (non-hydrogen) atoms. The van der Waals surface area contributed by atoms with E-state index >= 15 is 0 Å². The number of rotatable bonds is 4. The summed E-state index contributed by atoms with van der Waals surface area (Å²) in [5.41, 5.74) is 2.10. The van der Waals surface area contributed by atoms with Gasteiger partial charge >= 0.3 is 0 Å². The van der Waals surface area contributed by atoms with Gasteiger partial charge < -0.3 is 4.42 Å². The molecule has 3 nitrogen and oxygen atoms in total. The van der Waals surface area contributed by atoms with Crippen LogP contribution in [0.4, 0.5) is 0 Å². The molecule has 0 radical (unpaired) electrons. The van der Waals surface area contributed by atoms with E-state index in [1.54, 1.807) is 23.1 Å². The highest BCUT2D eigenvalue weighted by Gasteiger charge is 2.09. The van der Waals surface area contributed by atoms with Crippen LogP contribution in [0.1, 0.15) is 11.5 Å². The van der Waals surface area contributed by atoms with Gasteiger partial charge in [-0.05, 0) is 31.2 Å². The van der Waals surface area contributed by atoms with Crippen LogP contribution < -0.4 is 0 Å². The minimum atomic E-state index is 0.837. The lowest BCUT2D eigenvalue weighted by atomic mass is 10.2. The number of thioether (sulfide) groups is 1. The Morgan fingerprint density at radius 1 is 1.13 bits per heavy atom. The van der Waals surface area contributed by atoms with Crippen molar-refractivity contribution >= 4 is 34.0 Å². The Bertz CT molecular complexity index is 953. The average molecular weight is 338 g/mol. The summed E-state index contributed by atoms with van der Waals surface area (Å²) >= 11 is 3.41. The second kappa shape index (κ2) is 6.18. The number of aryl methyl sites for hydroxylation is 1. The monoisotopic (exact) mass is 338 g/mol. The smallest absolute Gasteiger partial charge is 0.162 e. The van der Waals surface area contributed by atoms with E-state index in [4.69, 9.17) is 4.42 Å². The highest BCUT2D eigenvalue weighted by molar-refractivity contribution is 7.98. The number of hydrogen-bond donors (Lipinski definition) is 0. The number of benzene rings is 1. The van der Waals surface area contributed by atoms with E-state index in [9.17, 15) is 0 Å². The normalized spacial score (nSPS) is 11.2. The lowest BCUT2D eigenvalue weighted by Gasteiger charge is -2.04. The van der Waals surface area contributed by atoms with E-state index in [0.29, 0.717) is 0 Å². The summed E-state index contributed by atoms with van der Waals surface area (Å²) in [6, 6.07) is 14.2. The summed E-state index contributed by atoms with van der Waals surface area (Å²) in [6.45, 7) is 1.95. The molecule has 0 N–H and O–H groups in total. The van der Waals surface area contributed by atoms with Crippen molar-refractivity contribution in [3.8, 4) is 10.8 Å². The Kier molecular flexibility index (Phi) is 3.89. The van der Waals surface area contributed by atoms with Gasteiger partial charge in [-0.3, -0.25) is 4.98 Å². The molecule has 114 valence electrons. The third-order valence-electron chi connectivity index (χ3n) is 3.49. The van der Waals surface area contributed by atoms with Gasteiger partial charge in [0.05, 0.1) is 11.2 Å². The molecule has 0 saturated heterocycles. The molecule has 0 bridgehead atoms. The van der Waals surface area contributed by atoms with Gasteiger partial charge in [-0.1, -0.05) is 18.2 Å². The predicted molar refractivity (Wildman–Crippen MR) is 95.9 cm³/mol. The molecule has 0 aliphatic heterocycles. The van der Waals surface area contributed by atoms with Gasteiger partial charge in [-0.25, -0.2) is 4.98 Å². The first-order valence-electron chi connectivity index (χ1n) is 7.27. The first kappa shape index (κ1) is 14.5. The van der Waals surface area contributed by atoms with Crippen LogP contribution in [0, 0.1) is 6.92 Å². The molecule has 0 fully saturated rings. The molecule has 0 unspecified atom stereocenters. The van der Waals surface area contributed by atoms with Gasteiger partial charge in [0.25, 0.3) is 0 Å². The van der Waals surface area contributed by atoms with Crippen molar-refractivity contribution in [1.29, 1.82) is 0 Å². The van der Waals surface area contributed by atoms with Crippen LogP contribution in [0.25, 0.3) is 21.7 Å². The number of para-hydroxylation sites is 1. The van der Waals surface area contributed by atoms with Crippen LogP contribution in [-0.4, -0.2) is 9.97 Å². The quantitative estimate of drug-likeness (QED) is 0.457. The van der Waals surface area contributed by atoms with Gasteiger partial charge in [-0.2, -0.15) is 0 Å². The van der Waals surface area contributed by atoms with Gasteiger partial charge in [0, 0.05) is 27.6 Å². The second-order valence-electron chi connectivity index (χ2n) is 5.17. The first-order valence-corrected chi connectivity index (χ1v) is 9.14. The number of fused-ring (bicyclic) bond motifs is 1. The van der Waals surface area contributed by atoms with Crippen molar-refractivity contribution in [2.45, 2.75) is 17.6 Å². The maximum Gasteiger partial charge on any atom is 0.162 e. The molecule has 0 aliphatic rings. The van der Waals surface area contributed by atoms with Crippen LogP contribution >= 0.6 is 23.1 Å². The molecular formula is C18H14N2OS2. The summed E-state index contributed by atoms with van der Waals surface area (Å²) in [4.78, 5) is 10.3. The molecule has 3 aromatic heterocycles. The summed E-state index contributed by atoms with van der Waals surface area (Å²) < 4.78 is 5.64. The fourth-order valence-electron chi connectivity index (χ4n) is 2.38. The highest BCUT2D eigenvalue weighted by Crippen LogP contribution is 2.31. The van der Waals surface area contributed by atoms with E-state index in [1.165, 1.54) is 10.3 Å². The number of nitrogens with zero attached hydrogens (tertiary/aromatic N) is 2. The van der Waals surface area contributed by atoms with Gasteiger partial charge in [0.15, 0.2) is 10.8 Å². The first-order chi connectivity index (χ1) is 11.3. The van der Waals surface area contributed by atoms with Crippen molar-refractivity contribution in [1.82, 2.24) is 9.97 Å². The van der Waals surface area contributed by atoms with Crippen molar-refractivity contribution < 1.29 is 4.42 Å². The average Bonchev–Trinajstić information content (AvgIpc) is 3.21. The van der Waals surface area contributed by atoms with E-state index in [2.05, 4.69) is 27.5 Å². The Morgan fingerprint density at radius 2 is 2.04 bits per heavy atom. The van der Waals surface area contributed by atoms with E-state index in [-0.39, 0.29) is 0 Å². The number of aromatic nitrogens is 2. The third-order valence-corrected chi connectivity index (χ3v) is 5.50. The van der Waals surface area contributed by atoms with E-state index in [1.807, 2.05) is 43.5 Å². The molecule has 4 rings (SSSR count). The maximum absolute atomic E-state index is 5.64. The van der Waals surface area contributed by atoms with Crippen molar-refractivity contribution in [3.63, 3.8) is 0 Å². The topological polar surface area (TPSA) is 38.9 Å². The molecule has 0 saturated carbocycles. The fraction of sp³-hybridized carbons (Fsp3) is 0.111. The van der Waals surface area contributed by atoms with E-state index in [0.717, 1.165) is 33.5 Å². The van der Waals surface area contributed by atoms with Crippen molar-refractivity contribution in [2.24, 2.45) is 0 Å². The Balaban J connectivity index is 1.54. The Labute approximate surface area is 142 Å². The molecule has 3 heterocycles. The fourth-order valence-corrected chi connectivity index (χ4v) is 4.20. The molecule has 0 amide bonds. The van der Waals surface area contributed by atoms with Crippen LogP contribution in [0.5, 0.6) is 0 Å². The summed E-state index contributed by atoms with van der Waals surface area (Å²) in [7, 11) is 0. The largest absolute Gasteiger partial charge is 0.459 e. The summed E-state index contributed by atoms with van der Waals surface area (Å²) in [5.74, 6) is 2.59. The molecule has 0 atom stereocenters. The van der Waals surface area contributed by atoms with Gasteiger partial charge in [-0.15, -0.1) is 23.1 Å². The van der Waals surface area contributed by atoms with Crippen LogP contribution in [0.3, 0.4) is 0 Å². The Hall–Kier alpha value is -2.11. The third kappa shape index (κ3) is 3.02. The summed E-state index contributed by atoms with van der Waals surface area (Å²) in [5, 5.41) is 4.23. The lowest BCUT2D eigenvalue weighted by molar-refractivity contribution is 0.548. The molecule has 5 heteroatoms. The molecule has 0 spiro atoms. The maximum atomic E-state index is 5.64. The minimum absolute atomic E-state index is 0.837. The number of hydrogen-bond acceptors (Lipinski definition) is 5. The highest BCUT2D eigenvalue weighted by atomic mass is 32.2. The van der Waals surface area contributed by atoms with Crippen LogP contribution in [0.15, 0.2) is 63.4 Å². The van der Waals surface area contributed by atoms with Crippen LogP contribution in [0.2, 0.25) is 0 Å². The van der Waals surface area contributed by atoms with Gasteiger partial charge in [0.1, 0.15) is 5.76 Å². The molecule has 0 aliphatic carbocycles. The standard InChI is InChI=1S/C18H14N2OS2/c1-12-6-7-16(21-12)18-20-13(11-23-18)10-22-17-8-9-19-15-5-3-2-4-14(15)17/h2-9,11H,10H2,1H3. The zero-order valence-electron chi connectivity index (χ0n) is 12.5. The van der Waals surface area contributed by atoms with Crippen molar-refractivity contribution in [2.75, 3.05) is 0 Å². The number of pyridine rings is 1. The minimum Gasteiger partial charge on any atom is -0.459 e.